The van der Waals surface area contributed by atoms with Gasteiger partial charge in [-0.3, -0.25) is 18.2 Å². The lowest BCUT2D eigenvalue weighted by Gasteiger charge is -2.26. The van der Waals surface area contributed by atoms with E-state index < -0.39 is 147 Å². The van der Waals surface area contributed by atoms with Gasteiger partial charge in [-0.2, -0.15) is 43.6 Å². The lowest BCUT2D eigenvalue weighted by Crippen LogP contribution is -2.50. The normalized spacial score (nSPS) is 20.4. The molecule has 0 amide bonds. The highest BCUT2D eigenvalue weighted by Crippen LogP contribution is 2.44. The number of hydrogen-bond donors (Lipinski definition) is 16. The molecule has 2 fully saturated rings. The molecule has 4 atom stereocenters. The van der Waals surface area contributed by atoms with Gasteiger partial charge in [0.25, 0.3) is 40.5 Å². The molecule has 36 heteroatoms. The Kier molecular flexibility index (Phi) is 17.3. The number of nitrogens with zero attached hydrogens (tertiary/aromatic N) is 8. The van der Waals surface area contributed by atoms with Crippen molar-refractivity contribution in [3.63, 3.8) is 0 Å². The van der Waals surface area contributed by atoms with Crippen LogP contribution >= 0.6 is 0 Å². The van der Waals surface area contributed by atoms with E-state index in [1.165, 1.54) is 12.1 Å². The van der Waals surface area contributed by atoms with Crippen LogP contribution in [0.4, 0.5) is 47.1 Å². The van der Waals surface area contributed by atoms with Gasteiger partial charge < -0.3 is 62.1 Å². The molecule has 2 aliphatic rings. The van der Waals surface area contributed by atoms with E-state index in [1.807, 2.05) is 0 Å². The zero-order chi connectivity index (χ0) is 54.7. The average Bonchev–Trinajstić information content (AvgIpc) is 4.25. The van der Waals surface area contributed by atoms with E-state index in [2.05, 4.69) is 51.2 Å². The van der Waals surface area contributed by atoms with Gasteiger partial charge >= 0.3 is 11.9 Å². The Morgan fingerprint density at radius 2 is 0.865 bits per heavy atom. The van der Waals surface area contributed by atoms with Crippen LogP contribution < -0.4 is 30.2 Å². The van der Waals surface area contributed by atoms with Crippen molar-refractivity contribution in [2.75, 3.05) is 112 Å². The van der Waals surface area contributed by atoms with Gasteiger partial charge in [-0.25, -0.2) is 8.97 Å². The zero-order valence-electron chi connectivity index (χ0n) is 38.5. The van der Waals surface area contributed by atoms with Crippen molar-refractivity contribution in [2.24, 2.45) is 0 Å². The third-order valence-corrected chi connectivity index (χ3v) is 15.4. The van der Waals surface area contributed by atoms with E-state index in [9.17, 15) is 92.7 Å². The average molecular weight is 1130 g/mol. The molecule has 4 heterocycles. The van der Waals surface area contributed by atoms with Gasteiger partial charge in [-0.1, -0.05) is 24.3 Å². The topological polar surface area (TPSA) is 505 Å². The first-order valence-electron chi connectivity index (χ1n) is 21.7. The first kappa shape index (κ1) is 57.9. The predicted molar refractivity (Wildman–Crippen MR) is 261 cm³/mol. The van der Waals surface area contributed by atoms with Crippen LogP contribution in [0.15, 0.2) is 46.2 Å². The van der Waals surface area contributed by atoms with E-state index in [0.29, 0.717) is 0 Å². The summed E-state index contributed by atoms with van der Waals surface area (Å²) in [6.45, 7) is -5.81. The minimum Gasteiger partial charge on any atom is -0.393 e. The Hall–Kier alpha value is -5.36. The largest absolute Gasteiger partial charge is 0.393 e. The fraction of sp³-hybridized carbons (Fsp3) is 0.474. The second-order valence-corrected chi connectivity index (χ2v) is 23.2. The number of benzene rings is 2. The monoisotopic (exact) mass is 1130 g/mol. The predicted octanol–water partition coefficient (Wildman–Crippen LogP) is -4.40. The molecular weight excluding hydrogens is 1070 g/mol. The third-order valence-electron chi connectivity index (χ3n) is 12.1. The lowest BCUT2D eigenvalue weighted by atomic mass is 10.0. The molecule has 2 aromatic carbocycles. The van der Waals surface area contributed by atoms with Crippen molar-refractivity contribution in [3.8, 4) is 0 Å². The van der Waals surface area contributed by atoms with Gasteiger partial charge in [0.1, 0.15) is 36.0 Å². The Labute approximate surface area is 422 Å². The number of aliphatic hydroxyl groups is 8. The summed E-state index contributed by atoms with van der Waals surface area (Å²) in [5.74, 6) is -3.28. The maximum Gasteiger partial charge on any atom is 0.336 e. The number of nitrogens with one attached hydrogen (secondary N) is 4. The maximum absolute atomic E-state index is 12.8. The van der Waals surface area contributed by atoms with Crippen molar-refractivity contribution in [1.82, 2.24) is 38.9 Å². The molecule has 74 heavy (non-hydrogen) atoms. The first-order chi connectivity index (χ1) is 34.5. The molecule has 0 radical (unpaired) electrons. The van der Waals surface area contributed by atoms with Gasteiger partial charge in [0, 0.05) is 24.5 Å². The number of hydrogen-bond acceptors (Lipinski definition) is 26. The molecule has 2 saturated heterocycles. The number of anilines is 6. The summed E-state index contributed by atoms with van der Waals surface area (Å²) in [5.41, 5.74) is -4.86. The molecule has 408 valence electrons. The van der Waals surface area contributed by atoms with Crippen LogP contribution in [0.5, 0.6) is 0 Å². The van der Waals surface area contributed by atoms with Crippen molar-refractivity contribution >= 4 is 99.7 Å². The zero-order valence-corrected chi connectivity index (χ0v) is 41.8. The summed E-state index contributed by atoms with van der Waals surface area (Å²) in [4.78, 5) is 24.0. The maximum atomic E-state index is 12.8. The molecule has 2 aliphatic heterocycles. The minimum atomic E-state index is -5.11. The molecule has 0 bridgehead atoms. The van der Waals surface area contributed by atoms with Gasteiger partial charge in [-0.15, -0.1) is 19.9 Å². The van der Waals surface area contributed by atoms with Gasteiger partial charge in [0.05, 0.1) is 51.1 Å². The fourth-order valence-electron chi connectivity index (χ4n) is 8.16. The minimum absolute atomic E-state index is 0.0142. The molecule has 16 N–H and O–H groups in total. The summed E-state index contributed by atoms with van der Waals surface area (Å²) in [6.07, 6.45) is 2.14. The quantitative estimate of drug-likeness (QED) is 0.0110. The summed E-state index contributed by atoms with van der Waals surface area (Å²) in [7, 11) is -19.2. The van der Waals surface area contributed by atoms with Crippen molar-refractivity contribution < 1.29 is 92.7 Å². The number of quaternary nitrogens is 2. The van der Waals surface area contributed by atoms with Crippen molar-refractivity contribution in [3.05, 3.63) is 47.5 Å². The highest BCUT2D eigenvalue weighted by molar-refractivity contribution is 7.86. The second kappa shape index (κ2) is 22.1. The highest BCUT2D eigenvalue weighted by atomic mass is 32.2. The van der Waals surface area contributed by atoms with Crippen molar-refractivity contribution in [2.45, 2.75) is 33.1 Å². The molecule has 4 aromatic rings. The summed E-state index contributed by atoms with van der Waals surface area (Å²) >= 11 is 0. The van der Waals surface area contributed by atoms with Crippen LogP contribution in [0, 0.1) is 0 Å². The standard InChI is InChI=1S/C38H52N12O20S4/c51-11-9-49(17-29(49)37(57,19-53)20-54)35-45-31(39-7-13-71(59,60)61)43-33(47-35)41-25-5-3-23(27(15-25)73(65,66)67)1-2-24-4-6-26(16-28(24)74(68,69)70)42-34-44-32(40-8-14-72(62,63)64)46-36(48-34)50(10-12-52)18-30(50)38(58,21-55)22-56/h1-6,15-16,29-30,51-58H,7-14,17-22H2,(H6-2,39,40,41,42,43,44,45,46,47,48,59,60,61,62,63,64,65,66,67,68,69,70)/p+2. The van der Waals surface area contributed by atoms with E-state index in [4.69, 9.17) is 0 Å². The fourth-order valence-corrected chi connectivity index (χ4v) is 10.3. The molecule has 0 aliphatic carbocycles. The first-order valence-corrected chi connectivity index (χ1v) is 27.8. The van der Waals surface area contributed by atoms with Crippen molar-refractivity contribution in [1.29, 1.82) is 0 Å². The van der Waals surface area contributed by atoms with Crippen LogP contribution in [0.25, 0.3) is 12.2 Å². The number of aromatic nitrogens is 6. The summed E-state index contributed by atoms with van der Waals surface area (Å²) in [6, 6.07) is 4.78. The Balaban J connectivity index is 1.33. The van der Waals surface area contributed by atoms with E-state index in [1.54, 1.807) is 0 Å². The molecule has 32 nitrogen and oxygen atoms in total. The SMILES string of the molecule is O=S(=O)(O)CCNc1nc(Nc2ccc(C=Cc3ccc(Nc4nc(NCCS(=O)(=O)O)nc([N+]5(CCO)CC5C(O)(CO)CO)n4)cc3S(=O)(=O)O)c(S(=O)(=O)O)c2)nc([N+]2(CCO)CC2C(O)(CO)CO)n1. The molecular formula is C38H54N12O20S4+2. The second-order valence-electron chi connectivity index (χ2n) is 17.2. The molecule has 0 spiro atoms. The van der Waals surface area contributed by atoms with Crippen LogP contribution in [-0.4, -0.2) is 236 Å². The highest BCUT2D eigenvalue weighted by Gasteiger charge is 2.69. The molecule has 2 aromatic heterocycles. The van der Waals surface area contributed by atoms with Crippen LogP contribution in [0.1, 0.15) is 11.1 Å². The molecule has 0 saturated carbocycles. The number of aliphatic hydroxyl groups excluding tert-OH is 6. The van der Waals surface area contributed by atoms with Gasteiger partial charge in [0.15, 0.2) is 23.3 Å². The van der Waals surface area contributed by atoms with E-state index in [-0.39, 0.29) is 84.4 Å². The van der Waals surface area contributed by atoms with Crippen LogP contribution in [0.2, 0.25) is 0 Å². The van der Waals surface area contributed by atoms with Crippen LogP contribution in [-0.2, 0) is 40.5 Å². The molecule has 4 unspecified atom stereocenters. The van der Waals surface area contributed by atoms with E-state index in [0.717, 1.165) is 36.4 Å². The number of rotatable bonds is 28. The molecule has 6 rings (SSSR count). The summed E-state index contributed by atoms with van der Waals surface area (Å²) in [5, 5.41) is 91.9. The Morgan fingerprint density at radius 1 is 0.527 bits per heavy atom. The Morgan fingerprint density at radius 3 is 1.16 bits per heavy atom. The lowest BCUT2D eigenvalue weighted by molar-refractivity contribution is -0.0629. The van der Waals surface area contributed by atoms with Crippen LogP contribution in [0.3, 0.4) is 0 Å². The van der Waals surface area contributed by atoms with Gasteiger partial charge in [-0.05, 0) is 35.4 Å². The Bertz CT molecular complexity index is 3000. The van der Waals surface area contributed by atoms with Gasteiger partial charge in [0.2, 0.25) is 23.8 Å². The third kappa shape index (κ3) is 13.5. The van der Waals surface area contributed by atoms with E-state index >= 15 is 0 Å². The smallest absolute Gasteiger partial charge is 0.336 e. The summed E-state index contributed by atoms with van der Waals surface area (Å²) < 4.78 is 135.